The van der Waals surface area contributed by atoms with Gasteiger partial charge in [0.1, 0.15) is 11.9 Å². The lowest BCUT2D eigenvalue weighted by Gasteiger charge is -2.29. The number of carbonyl (C=O) groups is 3. The van der Waals surface area contributed by atoms with Crippen molar-refractivity contribution in [1.29, 1.82) is 0 Å². The van der Waals surface area contributed by atoms with Gasteiger partial charge in [-0.25, -0.2) is 9.29 Å². The van der Waals surface area contributed by atoms with Gasteiger partial charge in [-0.15, -0.1) is 0 Å². The van der Waals surface area contributed by atoms with E-state index in [9.17, 15) is 18.8 Å². The summed E-state index contributed by atoms with van der Waals surface area (Å²) in [6.07, 6.45) is 6.94. The van der Waals surface area contributed by atoms with Crippen molar-refractivity contribution in [2.45, 2.75) is 44.6 Å². The summed E-state index contributed by atoms with van der Waals surface area (Å²) in [5.74, 6) is -2.00. The van der Waals surface area contributed by atoms with Crippen LogP contribution in [0.2, 0.25) is 0 Å². The highest BCUT2D eigenvalue weighted by molar-refractivity contribution is 6.23. The molecule has 0 spiro atoms. The number of amides is 3. The van der Waals surface area contributed by atoms with E-state index in [2.05, 4.69) is 6.08 Å². The van der Waals surface area contributed by atoms with Gasteiger partial charge in [0.2, 0.25) is 5.91 Å². The highest BCUT2D eigenvalue weighted by atomic mass is 19.1. The quantitative estimate of drug-likeness (QED) is 0.511. The maximum atomic E-state index is 14.4. The van der Waals surface area contributed by atoms with Crippen molar-refractivity contribution in [2.75, 3.05) is 11.4 Å². The van der Waals surface area contributed by atoms with E-state index in [0.29, 0.717) is 12.1 Å². The van der Waals surface area contributed by atoms with Crippen LogP contribution in [0.15, 0.2) is 66.2 Å². The summed E-state index contributed by atoms with van der Waals surface area (Å²) in [5, 5.41) is 0. The minimum Gasteiger partial charge on any atom is -0.326 e. The Morgan fingerprint density at radius 1 is 1.03 bits per heavy atom. The first-order chi connectivity index (χ1) is 15.1. The maximum Gasteiger partial charge on any atom is 0.257 e. The number of para-hydroxylation sites is 1. The van der Waals surface area contributed by atoms with Crippen LogP contribution in [-0.2, 0) is 9.59 Å². The van der Waals surface area contributed by atoms with Crippen LogP contribution >= 0.6 is 0 Å². The van der Waals surface area contributed by atoms with Gasteiger partial charge in [0.15, 0.2) is 0 Å². The molecule has 0 bridgehead atoms. The molecular weight excluding hydrogens is 395 g/mol. The number of rotatable bonds is 6. The fourth-order valence-corrected chi connectivity index (χ4v) is 4.29. The molecule has 2 aromatic carbocycles. The zero-order valence-electron chi connectivity index (χ0n) is 17.3. The average Bonchev–Trinajstić information content (AvgIpc) is 3.09. The lowest BCUT2D eigenvalue weighted by molar-refractivity contribution is -0.122. The van der Waals surface area contributed by atoms with Crippen LogP contribution in [0.25, 0.3) is 0 Å². The monoisotopic (exact) mass is 420 g/mol. The number of halogens is 1. The number of hydrogen-bond acceptors (Lipinski definition) is 3. The van der Waals surface area contributed by atoms with Crippen LogP contribution in [0.4, 0.5) is 10.1 Å². The van der Waals surface area contributed by atoms with Crippen molar-refractivity contribution < 1.29 is 18.8 Å². The van der Waals surface area contributed by atoms with E-state index in [1.165, 1.54) is 28.7 Å². The smallest absolute Gasteiger partial charge is 0.257 e. The van der Waals surface area contributed by atoms with E-state index in [-0.39, 0.29) is 24.4 Å². The van der Waals surface area contributed by atoms with E-state index in [1.54, 1.807) is 36.4 Å². The number of carbonyl (C=O) groups excluding carboxylic acids is 3. The number of nitrogens with zero attached hydrogens (tertiary/aromatic N) is 2. The summed E-state index contributed by atoms with van der Waals surface area (Å²) in [7, 11) is 0. The number of benzene rings is 2. The van der Waals surface area contributed by atoms with E-state index in [1.807, 2.05) is 0 Å². The number of anilines is 1. The molecule has 2 aliphatic rings. The Labute approximate surface area is 181 Å². The van der Waals surface area contributed by atoms with E-state index in [4.69, 9.17) is 0 Å². The van der Waals surface area contributed by atoms with Crippen LogP contribution in [-0.4, -0.2) is 35.2 Å². The Bertz CT molecular complexity index is 1020. The predicted molar refractivity (Wildman–Crippen MR) is 116 cm³/mol. The molecule has 1 atom stereocenters. The van der Waals surface area contributed by atoms with Crippen LogP contribution in [0.1, 0.15) is 48.9 Å². The zero-order chi connectivity index (χ0) is 21.8. The fourth-order valence-electron chi connectivity index (χ4n) is 4.29. The lowest BCUT2D eigenvalue weighted by atomic mass is 9.96. The molecule has 1 saturated heterocycles. The van der Waals surface area contributed by atoms with Gasteiger partial charge in [0.25, 0.3) is 11.8 Å². The second kappa shape index (κ2) is 9.25. The minimum absolute atomic E-state index is 0.0847. The van der Waals surface area contributed by atoms with Crippen molar-refractivity contribution in [1.82, 2.24) is 4.90 Å². The van der Waals surface area contributed by atoms with Gasteiger partial charge >= 0.3 is 0 Å². The molecule has 6 heteroatoms. The molecule has 2 aromatic rings. The third kappa shape index (κ3) is 4.43. The summed E-state index contributed by atoms with van der Waals surface area (Å²) < 4.78 is 14.4. The Balaban J connectivity index is 1.62. The van der Waals surface area contributed by atoms with Gasteiger partial charge < -0.3 is 4.90 Å². The average molecular weight is 420 g/mol. The highest BCUT2D eigenvalue weighted by Gasteiger charge is 2.44. The van der Waals surface area contributed by atoms with Gasteiger partial charge in [-0.3, -0.25) is 14.4 Å². The van der Waals surface area contributed by atoms with Crippen LogP contribution in [0, 0.1) is 5.82 Å². The molecule has 1 heterocycles. The highest BCUT2D eigenvalue weighted by Crippen LogP contribution is 2.28. The molecule has 1 aliphatic heterocycles. The molecule has 1 aliphatic carbocycles. The minimum atomic E-state index is -0.941. The molecule has 5 nitrogen and oxygen atoms in total. The van der Waals surface area contributed by atoms with Crippen molar-refractivity contribution >= 4 is 23.4 Å². The SMILES string of the molecule is O=C1CC(N(CCC2=CCCCC2)C(=O)c2ccccc2F)C(=O)N1c1ccccc1. The fraction of sp³-hybridized carbons (Fsp3) is 0.320. The number of allylic oxidation sites excluding steroid dienone is 1. The molecule has 0 saturated carbocycles. The van der Waals surface area contributed by atoms with Crippen LogP contribution < -0.4 is 4.90 Å². The largest absolute Gasteiger partial charge is 0.326 e. The summed E-state index contributed by atoms with van der Waals surface area (Å²) in [6.45, 7) is 0.269. The molecule has 0 N–H and O–H groups in total. The summed E-state index contributed by atoms with van der Waals surface area (Å²) in [5.41, 5.74) is 1.64. The number of imide groups is 1. The van der Waals surface area contributed by atoms with Crippen molar-refractivity contribution in [3.8, 4) is 0 Å². The normalized spacial score (nSPS) is 18.8. The maximum absolute atomic E-state index is 14.4. The van der Waals surface area contributed by atoms with Gasteiger partial charge in [0.05, 0.1) is 17.7 Å². The molecule has 0 aromatic heterocycles. The Morgan fingerprint density at radius 3 is 2.48 bits per heavy atom. The first kappa shape index (κ1) is 21.0. The van der Waals surface area contributed by atoms with Gasteiger partial charge in [-0.1, -0.05) is 42.0 Å². The lowest BCUT2D eigenvalue weighted by Crippen LogP contribution is -2.46. The molecule has 1 fully saturated rings. The molecule has 4 rings (SSSR count). The molecular formula is C25H25FN2O3. The summed E-state index contributed by atoms with van der Waals surface area (Å²) >= 11 is 0. The Kier molecular flexibility index (Phi) is 6.26. The van der Waals surface area contributed by atoms with E-state index < -0.39 is 23.7 Å². The van der Waals surface area contributed by atoms with Gasteiger partial charge in [-0.05, 0) is 56.4 Å². The molecule has 3 amide bonds. The van der Waals surface area contributed by atoms with Crippen LogP contribution in [0.5, 0.6) is 0 Å². The molecule has 31 heavy (non-hydrogen) atoms. The van der Waals surface area contributed by atoms with Crippen molar-refractivity contribution in [3.63, 3.8) is 0 Å². The Morgan fingerprint density at radius 2 is 1.77 bits per heavy atom. The number of hydrogen-bond donors (Lipinski definition) is 0. The van der Waals surface area contributed by atoms with Crippen molar-refractivity contribution in [3.05, 3.63) is 77.6 Å². The second-order valence-electron chi connectivity index (χ2n) is 7.96. The molecule has 160 valence electrons. The second-order valence-corrected chi connectivity index (χ2v) is 7.96. The predicted octanol–water partition coefficient (Wildman–Crippen LogP) is 4.49. The first-order valence-electron chi connectivity index (χ1n) is 10.7. The zero-order valence-corrected chi connectivity index (χ0v) is 17.3. The van der Waals surface area contributed by atoms with Gasteiger partial charge in [-0.2, -0.15) is 0 Å². The van der Waals surface area contributed by atoms with Crippen LogP contribution in [0.3, 0.4) is 0 Å². The third-order valence-electron chi connectivity index (χ3n) is 5.94. The topological polar surface area (TPSA) is 57.7 Å². The first-order valence-corrected chi connectivity index (χ1v) is 10.7. The molecule has 1 unspecified atom stereocenters. The van der Waals surface area contributed by atoms with E-state index in [0.717, 1.165) is 30.6 Å². The standard InChI is InChI=1S/C25H25FN2O3/c26-21-14-8-7-13-20(21)24(30)27(16-15-18-9-3-1-4-10-18)22-17-23(29)28(25(22)31)19-11-5-2-6-12-19/h2,5-9,11-14,22H,1,3-4,10,15-17H2. The van der Waals surface area contributed by atoms with Gasteiger partial charge in [0, 0.05) is 6.54 Å². The molecule has 0 radical (unpaired) electrons. The van der Waals surface area contributed by atoms with Crippen molar-refractivity contribution in [2.24, 2.45) is 0 Å². The Hall–Kier alpha value is -3.28. The summed E-state index contributed by atoms with van der Waals surface area (Å²) in [4.78, 5) is 41.8. The summed E-state index contributed by atoms with van der Waals surface area (Å²) in [6, 6.07) is 13.5. The van der Waals surface area contributed by atoms with E-state index >= 15 is 0 Å². The third-order valence-corrected chi connectivity index (χ3v) is 5.94.